The minimum atomic E-state index is -5.19. The number of ether oxygens (including phenoxy) is 1. The molecule has 0 aromatic heterocycles. The van der Waals surface area contributed by atoms with Crippen molar-refractivity contribution in [3.8, 4) is 5.75 Å². The Kier molecular flexibility index (Phi) is 6.44. The highest BCUT2D eigenvalue weighted by Gasteiger charge is 2.34. The number of halogens is 6. The molecule has 1 nitrogen and oxygen atoms in total. The molecule has 0 unspecified atom stereocenters. The lowest BCUT2D eigenvalue weighted by atomic mass is 9.79. The monoisotopic (exact) mass is 416 g/mol. The van der Waals surface area contributed by atoms with Crippen LogP contribution < -0.4 is 4.74 Å². The first-order chi connectivity index (χ1) is 13.6. The van der Waals surface area contributed by atoms with Gasteiger partial charge >= 0.3 is 6.36 Å². The van der Waals surface area contributed by atoms with Crippen molar-refractivity contribution < 1.29 is 31.1 Å². The summed E-state index contributed by atoms with van der Waals surface area (Å²) in [7, 11) is 0. The maximum absolute atomic E-state index is 14.5. The van der Waals surface area contributed by atoms with E-state index >= 15 is 0 Å². The third-order valence-corrected chi connectivity index (χ3v) is 5.52. The second-order valence-corrected chi connectivity index (χ2v) is 7.74. The molecule has 0 N–H and O–H groups in total. The first kappa shape index (κ1) is 21.5. The molecular weight excluding hydrogens is 394 g/mol. The van der Waals surface area contributed by atoms with Crippen LogP contribution in [0.4, 0.5) is 26.3 Å². The molecule has 3 rings (SSSR count). The van der Waals surface area contributed by atoms with E-state index in [1.54, 1.807) is 6.07 Å². The third-order valence-electron chi connectivity index (χ3n) is 5.52. The molecular formula is C22H22F6O. The maximum atomic E-state index is 14.5. The van der Waals surface area contributed by atoms with Crippen LogP contribution in [0.1, 0.15) is 55.2 Å². The van der Waals surface area contributed by atoms with E-state index in [1.165, 1.54) is 6.07 Å². The van der Waals surface area contributed by atoms with Gasteiger partial charge in [0.25, 0.3) is 0 Å². The first-order valence-electron chi connectivity index (χ1n) is 9.64. The van der Waals surface area contributed by atoms with Gasteiger partial charge < -0.3 is 4.74 Å². The Morgan fingerprint density at radius 1 is 0.862 bits per heavy atom. The average molecular weight is 416 g/mol. The van der Waals surface area contributed by atoms with E-state index in [0.29, 0.717) is 17.4 Å². The number of alkyl halides is 3. The van der Waals surface area contributed by atoms with Gasteiger partial charge in [0.15, 0.2) is 11.6 Å². The lowest BCUT2D eigenvalue weighted by Crippen LogP contribution is -2.19. The Hall–Kier alpha value is -2.18. The fraction of sp³-hybridized carbons (Fsp3) is 0.455. The average Bonchev–Trinajstić information content (AvgIpc) is 2.63. The molecule has 0 atom stereocenters. The van der Waals surface area contributed by atoms with Gasteiger partial charge in [0, 0.05) is 0 Å². The summed E-state index contributed by atoms with van der Waals surface area (Å²) in [5.41, 5.74) is 1.48. The molecule has 0 aliphatic heterocycles. The van der Waals surface area contributed by atoms with E-state index in [2.05, 4.69) is 11.7 Å². The molecule has 2 aromatic carbocycles. The van der Waals surface area contributed by atoms with E-state index in [1.807, 2.05) is 6.07 Å². The van der Waals surface area contributed by atoms with E-state index in [9.17, 15) is 26.3 Å². The summed E-state index contributed by atoms with van der Waals surface area (Å²) in [6.07, 6.45) is -0.623. The Labute approximate surface area is 165 Å². The van der Waals surface area contributed by atoms with Crippen molar-refractivity contribution in [2.45, 2.75) is 57.7 Å². The highest BCUT2D eigenvalue weighted by atomic mass is 19.4. The molecule has 7 heteroatoms. The van der Waals surface area contributed by atoms with Crippen molar-refractivity contribution in [3.05, 3.63) is 64.5 Å². The highest BCUT2D eigenvalue weighted by molar-refractivity contribution is 5.33. The van der Waals surface area contributed by atoms with Crippen molar-refractivity contribution in [1.82, 2.24) is 0 Å². The zero-order valence-electron chi connectivity index (χ0n) is 16.0. The molecule has 2 aromatic rings. The molecule has 1 fully saturated rings. The van der Waals surface area contributed by atoms with Crippen molar-refractivity contribution in [2.24, 2.45) is 5.92 Å². The van der Waals surface area contributed by atoms with Gasteiger partial charge in [-0.1, -0.05) is 31.9 Å². The fourth-order valence-electron chi connectivity index (χ4n) is 3.86. The summed E-state index contributed by atoms with van der Waals surface area (Å²) in [6, 6.07) is 6.65. The predicted molar refractivity (Wildman–Crippen MR) is 97.2 cm³/mol. The lowest BCUT2D eigenvalue weighted by molar-refractivity contribution is -0.276. The Bertz CT molecular complexity index is 830. The van der Waals surface area contributed by atoms with Crippen LogP contribution in [-0.2, 0) is 12.8 Å². The number of benzene rings is 2. The van der Waals surface area contributed by atoms with Crippen LogP contribution in [0.2, 0.25) is 0 Å². The molecule has 0 bridgehead atoms. The minimum absolute atomic E-state index is 0.0807. The van der Waals surface area contributed by atoms with E-state index < -0.39 is 23.7 Å². The summed E-state index contributed by atoms with van der Waals surface area (Å²) in [5.74, 6) is -3.71. The SMILES string of the molecule is CC1CCC(c2ccc(CCc3cc(F)c(OC(F)(F)F)c(F)c3)c(F)c2)CC1. The summed E-state index contributed by atoms with van der Waals surface area (Å²) in [4.78, 5) is 0. The van der Waals surface area contributed by atoms with Gasteiger partial charge in [0.2, 0.25) is 5.75 Å². The van der Waals surface area contributed by atoms with E-state index in [-0.39, 0.29) is 24.2 Å². The van der Waals surface area contributed by atoms with Crippen LogP contribution in [0.3, 0.4) is 0 Å². The second kappa shape index (κ2) is 8.67. The Morgan fingerprint density at radius 3 is 2.03 bits per heavy atom. The Morgan fingerprint density at radius 2 is 1.48 bits per heavy atom. The number of hydrogen-bond donors (Lipinski definition) is 0. The Balaban J connectivity index is 1.67. The fourth-order valence-corrected chi connectivity index (χ4v) is 3.86. The quantitative estimate of drug-likeness (QED) is 0.473. The normalized spacial score (nSPS) is 20.0. The van der Waals surface area contributed by atoms with Crippen LogP contribution in [0.25, 0.3) is 0 Å². The van der Waals surface area contributed by atoms with Crippen LogP contribution in [0, 0.1) is 23.4 Å². The van der Waals surface area contributed by atoms with Gasteiger partial charge in [-0.15, -0.1) is 13.2 Å². The highest BCUT2D eigenvalue weighted by Crippen LogP contribution is 2.36. The van der Waals surface area contributed by atoms with Gasteiger partial charge in [-0.25, -0.2) is 13.2 Å². The number of hydrogen-bond acceptors (Lipinski definition) is 1. The standard InChI is InChI=1S/C22H22F6O/c1-13-2-5-15(6-3-13)17-9-8-16(18(23)12-17)7-4-14-10-19(24)21(20(25)11-14)29-22(26,27)28/h8-13,15H,2-7H2,1H3. The van der Waals surface area contributed by atoms with Gasteiger partial charge in [-0.2, -0.15) is 0 Å². The molecule has 0 amide bonds. The predicted octanol–water partition coefficient (Wildman–Crippen LogP) is 7.08. The van der Waals surface area contributed by atoms with Gasteiger partial charge in [-0.3, -0.25) is 0 Å². The molecule has 0 radical (unpaired) electrons. The molecule has 158 valence electrons. The molecule has 0 spiro atoms. The molecule has 29 heavy (non-hydrogen) atoms. The van der Waals surface area contributed by atoms with Crippen LogP contribution in [-0.4, -0.2) is 6.36 Å². The van der Waals surface area contributed by atoms with Crippen molar-refractivity contribution in [2.75, 3.05) is 0 Å². The maximum Gasteiger partial charge on any atom is 0.573 e. The molecule has 1 saturated carbocycles. The largest absolute Gasteiger partial charge is 0.573 e. The number of aryl methyl sites for hydroxylation is 2. The molecule has 1 aliphatic rings. The van der Waals surface area contributed by atoms with Crippen molar-refractivity contribution in [3.63, 3.8) is 0 Å². The molecule has 0 saturated heterocycles. The zero-order valence-corrected chi connectivity index (χ0v) is 16.0. The summed E-state index contributed by atoms with van der Waals surface area (Å²) < 4.78 is 82.1. The molecule has 1 aliphatic carbocycles. The van der Waals surface area contributed by atoms with Crippen molar-refractivity contribution in [1.29, 1.82) is 0 Å². The topological polar surface area (TPSA) is 9.23 Å². The summed E-state index contributed by atoms with van der Waals surface area (Å²) >= 11 is 0. The zero-order chi connectivity index (χ0) is 21.2. The smallest absolute Gasteiger partial charge is 0.399 e. The van der Waals surface area contributed by atoms with E-state index in [0.717, 1.165) is 43.4 Å². The first-order valence-corrected chi connectivity index (χ1v) is 9.64. The van der Waals surface area contributed by atoms with E-state index in [4.69, 9.17) is 0 Å². The van der Waals surface area contributed by atoms with Crippen LogP contribution in [0.15, 0.2) is 30.3 Å². The van der Waals surface area contributed by atoms with Gasteiger partial charge in [-0.05, 0) is 72.4 Å². The second-order valence-electron chi connectivity index (χ2n) is 7.74. The number of rotatable bonds is 5. The van der Waals surface area contributed by atoms with Crippen LogP contribution >= 0.6 is 0 Å². The van der Waals surface area contributed by atoms with Gasteiger partial charge in [0.1, 0.15) is 5.82 Å². The summed E-state index contributed by atoms with van der Waals surface area (Å²) in [5, 5.41) is 0. The van der Waals surface area contributed by atoms with Crippen LogP contribution in [0.5, 0.6) is 5.75 Å². The minimum Gasteiger partial charge on any atom is -0.399 e. The van der Waals surface area contributed by atoms with Crippen molar-refractivity contribution >= 4 is 0 Å². The molecule has 0 heterocycles. The lowest BCUT2D eigenvalue weighted by Gasteiger charge is -2.26. The van der Waals surface area contributed by atoms with Gasteiger partial charge in [0.05, 0.1) is 0 Å². The third kappa shape index (κ3) is 5.67. The summed E-state index contributed by atoms with van der Waals surface area (Å²) in [6.45, 7) is 2.22.